The van der Waals surface area contributed by atoms with Crippen LogP contribution in [0, 0.1) is 0 Å². The van der Waals surface area contributed by atoms with Gasteiger partial charge in [0.25, 0.3) is 0 Å². The van der Waals surface area contributed by atoms with E-state index in [9.17, 15) is 4.79 Å². The largest absolute Gasteiger partial charge is 0.415 e. The minimum atomic E-state index is -0.692. The van der Waals surface area contributed by atoms with Crippen molar-refractivity contribution in [3.8, 4) is 0 Å². The molecule has 0 N–H and O–H groups in total. The number of hydrogen-bond donors (Lipinski definition) is 0. The van der Waals surface area contributed by atoms with Gasteiger partial charge in [0.15, 0.2) is 0 Å². The number of benzene rings is 1. The summed E-state index contributed by atoms with van der Waals surface area (Å²) in [5.41, 5.74) is 0.434. The van der Waals surface area contributed by atoms with Crippen molar-refractivity contribution in [3.63, 3.8) is 0 Å². The van der Waals surface area contributed by atoms with Gasteiger partial charge in [-0.3, -0.25) is 0 Å². The van der Waals surface area contributed by atoms with Crippen LogP contribution in [0.15, 0.2) is 28.7 Å². The summed E-state index contributed by atoms with van der Waals surface area (Å²) in [5, 5.41) is 0. The monoisotopic (exact) mass is 369 g/mol. The molecule has 2 rings (SSSR count). The maximum Gasteiger partial charge on any atom is 0.412 e. The summed E-state index contributed by atoms with van der Waals surface area (Å²) in [7, 11) is 0. The lowest BCUT2D eigenvalue weighted by atomic mass is 10.1. The first kappa shape index (κ1) is 17.3. The third-order valence-corrected chi connectivity index (χ3v) is 3.95. The van der Waals surface area contributed by atoms with E-state index in [0.29, 0.717) is 0 Å². The Hall–Kier alpha value is -1.07. The van der Waals surface area contributed by atoms with Crippen molar-refractivity contribution < 1.29 is 14.3 Å². The Balaban J connectivity index is 2.10. The second-order valence-electron chi connectivity index (χ2n) is 6.55. The van der Waals surface area contributed by atoms with Crippen molar-refractivity contribution in [1.29, 1.82) is 0 Å². The summed E-state index contributed by atoms with van der Waals surface area (Å²) in [6, 6.07) is 7.65. The van der Waals surface area contributed by atoms with Crippen LogP contribution in [0.2, 0.25) is 0 Å². The Morgan fingerprint density at radius 2 is 1.73 bits per heavy atom. The molecular formula is C17H24BrNO3. The molecule has 1 atom stereocenters. The normalized spacial score (nSPS) is 17.2. The lowest BCUT2D eigenvalue weighted by molar-refractivity contribution is -0.175. The summed E-state index contributed by atoms with van der Waals surface area (Å²) >= 11 is 3.41. The highest BCUT2D eigenvalue weighted by Gasteiger charge is 2.27. The molecule has 4 nitrogen and oxygen atoms in total. The zero-order valence-corrected chi connectivity index (χ0v) is 15.1. The number of nitrogens with zero attached hydrogens (tertiary/aromatic N) is 1. The van der Waals surface area contributed by atoms with Gasteiger partial charge in [-0.25, -0.2) is 4.79 Å². The second kappa shape index (κ2) is 7.47. The Morgan fingerprint density at radius 1 is 1.14 bits per heavy atom. The standard InChI is InChI=1S/C17H24BrNO3/c1-17(2,3)22-15(13-7-9-14(18)10-8-13)21-16(20)19-11-5-4-6-12-19/h7-10,15H,4-6,11-12H2,1-3H3. The minimum absolute atomic E-state index is 0.295. The average molecular weight is 370 g/mol. The molecule has 1 heterocycles. The van der Waals surface area contributed by atoms with Crippen molar-refractivity contribution in [2.24, 2.45) is 0 Å². The van der Waals surface area contributed by atoms with E-state index in [1.54, 1.807) is 4.90 Å². The highest BCUT2D eigenvalue weighted by molar-refractivity contribution is 9.10. The number of piperidine rings is 1. The quantitative estimate of drug-likeness (QED) is 0.712. The molecule has 1 aromatic carbocycles. The third kappa shape index (κ3) is 5.29. The van der Waals surface area contributed by atoms with Crippen LogP contribution in [-0.2, 0) is 9.47 Å². The van der Waals surface area contributed by atoms with E-state index in [1.807, 2.05) is 45.0 Å². The van der Waals surface area contributed by atoms with Crippen LogP contribution in [0.25, 0.3) is 0 Å². The number of rotatable bonds is 3. The number of carbonyl (C=O) groups excluding carboxylic acids is 1. The number of hydrogen-bond acceptors (Lipinski definition) is 3. The second-order valence-corrected chi connectivity index (χ2v) is 7.46. The van der Waals surface area contributed by atoms with Gasteiger partial charge < -0.3 is 14.4 Å². The fraction of sp³-hybridized carbons (Fsp3) is 0.588. The molecule has 0 aliphatic carbocycles. The van der Waals surface area contributed by atoms with Crippen LogP contribution >= 0.6 is 15.9 Å². The molecule has 0 saturated carbocycles. The van der Waals surface area contributed by atoms with E-state index in [2.05, 4.69) is 15.9 Å². The maximum atomic E-state index is 12.3. The molecule has 122 valence electrons. The summed E-state index contributed by atoms with van der Waals surface area (Å²) in [6.07, 6.45) is 2.27. The fourth-order valence-corrected chi connectivity index (χ4v) is 2.61. The van der Waals surface area contributed by atoms with Crippen LogP contribution < -0.4 is 0 Å². The highest BCUT2D eigenvalue weighted by atomic mass is 79.9. The van der Waals surface area contributed by atoms with Gasteiger partial charge in [0.1, 0.15) is 0 Å². The smallest absolute Gasteiger partial charge is 0.412 e. The zero-order valence-electron chi connectivity index (χ0n) is 13.5. The van der Waals surface area contributed by atoms with E-state index in [1.165, 1.54) is 6.42 Å². The van der Waals surface area contributed by atoms with E-state index >= 15 is 0 Å². The van der Waals surface area contributed by atoms with Gasteiger partial charge in [0, 0.05) is 23.1 Å². The average Bonchev–Trinajstić information content (AvgIpc) is 2.47. The number of carbonyl (C=O) groups is 1. The molecule has 1 saturated heterocycles. The lowest BCUT2D eigenvalue weighted by Crippen LogP contribution is -2.38. The maximum absolute atomic E-state index is 12.3. The van der Waals surface area contributed by atoms with Gasteiger partial charge in [-0.1, -0.05) is 28.1 Å². The number of ether oxygens (including phenoxy) is 2. The topological polar surface area (TPSA) is 38.8 Å². The Labute approximate surface area is 140 Å². The lowest BCUT2D eigenvalue weighted by Gasteiger charge is -2.31. The molecule has 1 aliphatic rings. The molecule has 22 heavy (non-hydrogen) atoms. The number of halogens is 1. The van der Waals surface area contributed by atoms with Gasteiger partial charge in [-0.2, -0.15) is 0 Å². The Bertz CT molecular complexity index is 490. The highest BCUT2D eigenvalue weighted by Crippen LogP contribution is 2.27. The van der Waals surface area contributed by atoms with Gasteiger partial charge in [-0.05, 0) is 52.2 Å². The Kier molecular flexibility index (Phi) is 5.87. The number of likely N-dealkylation sites (tertiary alicyclic amines) is 1. The molecule has 1 aromatic rings. The van der Waals surface area contributed by atoms with Crippen molar-refractivity contribution in [2.75, 3.05) is 13.1 Å². The summed E-state index contributed by atoms with van der Waals surface area (Å²) in [6.45, 7) is 7.39. The van der Waals surface area contributed by atoms with Gasteiger partial charge >= 0.3 is 6.09 Å². The molecule has 5 heteroatoms. The van der Waals surface area contributed by atoms with E-state index < -0.39 is 11.9 Å². The predicted octanol–water partition coefficient (Wildman–Crippen LogP) is 4.89. The van der Waals surface area contributed by atoms with Crippen LogP contribution in [0.1, 0.15) is 51.9 Å². The Morgan fingerprint density at radius 3 is 2.27 bits per heavy atom. The van der Waals surface area contributed by atoms with Gasteiger partial charge in [0.2, 0.25) is 6.29 Å². The van der Waals surface area contributed by atoms with Crippen LogP contribution in [0.4, 0.5) is 4.79 Å². The third-order valence-electron chi connectivity index (χ3n) is 3.42. The van der Waals surface area contributed by atoms with Crippen molar-refractivity contribution >= 4 is 22.0 Å². The summed E-state index contributed by atoms with van der Waals surface area (Å²) in [5.74, 6) is 0. The molecule has 1 unspecified atom stereocenters. The first-order valence-electron chi connectivity index (χ1n) is 7.74. The molecule has 1 amide bonds. The summed E-state index contributed by atoms with van der Waals surface area (Å²) in [4.78, 5) is 14.1. The van der Waals surface area contributed by atoms with Gasteiger partial charge in [-0.15, -0.1) is 0 Å². The minimum Gasteiger partial charge on any atom is -0.415 e. The van der Waals surface area contributed by atoms with Crippen LogP contribution in [-0.4, -0.2) is 29.7 Å². The van der Waals surface area contributed by atoms with Crippen molar-refractivity contribution in [1.82, 2.24) is 4.90 Å². The van der Waals surface area contributed by atoms with Crippen molar-refractivity contribution in [3.05, 3.63) is 34.3 Å². The number of amides is 1. The predicted molar refractivity (Wildman–Crippen MR) is 89.6 cm³/mol. The van der Waals surface area contributed by atoms with Gasteiger partial charge in [0.05, 0.1) is 5.60 Å². The molecule has 0 radical (unpaired) electrons. The first-order valence-corrected chi connectivity index (χ1v) is 8.53. The molecule has 0 aromatic heterocycles. The SMILES string of the molecule is CC(C)(C)OC(OC(=O)N1CCCCC1)c1ccc(Br)cc1. The van der Waals surface area contributed by atoms with E-state index in [0.717, 1.165) is 36.0 Å². The molecule has 0 spiro atoms. The zero-order chi connectivity index (χ0) is 16.2. The molecule has 1 fully saturated rings. The molecule has 1 aliphatic heterocycles. The summed E-state index contributed by atoms with van der Waals surface area (Å²) < 4.78 is 12.6. The van der Waals surface area contributed by atoms with Crippen molar-refractivity contribution in [2.45, 2.75) is 51.9 Å². The first-order chi connectivity index (χ1) is 10.3. The fourth-order valence-electron chi connectivity index (χ4n) is 2.34. The van der Waals surface area contributed by atoms with Crippen LogP contribution in [0.3, 0.4) is 0 Å². The van der Waals surface area contributed by atoms with E-state index in [4.69, 9.17) is 9.47 Å². The molecule has 0 bridgehead atoms. The van der Waals surface area contributed by atoms with E-state index in [-0.39, 0.29) is 6.09 Å². The molecular weight excluding hydrogens is 346 g/mol. The van der Waals surface area contributed by atoms with Crippen LogP contribution in [0.5, 0.6) is 0 Å².